The molecule has 16 heavy (non-hydrogen) atoms. The lowest BCUT2D eigenvalue weighted by Gasteiger charge is -2.01. The monoisotopic (exact) mass is 283 g/mol. The van der Waals surface area contributed by atoms with E-state index in [1.54, 1.807) is 12.1 Å². The highest BCUT2D eigenvalue weighted by atomic mass is 79.9. The molecule has 0 unspecified atom stereocenters. The molecule has 5 nitrogen and oxygen atoms in total. The van der Waals surface area contributed by atoms with Crippen molar-refractivity contribution in [3.05, 3.63) is 28.5 Å². The molecule has 0 saturated heterocycles. The number of nitriles is 1. The first kappa shape index (κ1) is 12.1. The van der Waals surface area contributed by atoms with Crippen LogP contribution >= 0.6 is 15.9 Å². The summed E-state index contributed by atoms with van der Waals surface area (Å²) in [6.45, 7) is 0. The molecule has 0 bridgehead atoms. The number of hydrogen-bond acceptors (Lipinski definition) is 4. The number of hydrogen-bond donors (Lipinski definition) is 3. The second-order valence-electron chi connectivity index (χ2n) is 2.73. The maximum atomic E-state index is 13.1. The third-order valence-electron chi connectivity index (χ3n) is 1.58. The van der Waals surface area contributed by atoms with Crippen LogP contribution in [-0.4, -0.2) is 11.5 Å². The summed E-state index contributed by atoms with van der Waals surface area (Å²) >= 11 is 3.00. The van der Waals surface area contributed by atoms with Crippen LogP contribution in [0.4, 0.5) is 10.1 Å². The Balaban J connectivity index is 2.86. The Labute approximate surface area is 99.4 Å². The summed E-state index contributed by atoms with van der Waals surface area (Å²) in [5, 5.41) is 19.1. The molecule has 0 heterocycles. The molecule has 1 aromatic carbocycles. The predicted octanol–water partition coefficient (Wildman–Crippen LogP) is 1.82. The summed E-state index contributed by atoms with van der Waals surface area (Å²) < 4.78 is 13.4. The van der Waals surface area contributed by atoms with Gasteiger partial charge in [0.05, 0.1) is 10.2 Å². The van der Waals surface area contributed by atoms with Crippen molar-refractivity contribution in [3.63, 3.8) is 0 Å². The molecular formula is C9H7BrFN5. The van der Waals surface area contributed by atoms with Gasteiger partial charge in [-0.25, -0.2) is 4.39 Å². The molecule has 7 heteroatoms. The first-order valence-electron chi connectivity index (χ1n) is 4.08. The zero-order chi connectivity index (χ0) is 12.1. The summed E-state index contributed by atoms with van der Waals surface area (Å²) in [5.74, 6) is -0.908. The van der Waals surface area contributed by atoms with Crippen molar-refractivity contribution in [2.24, 2.45) is 10.8 Å². The molecule has 1 rings (SSSR count). The molecule has 0 aliphatic rings. The van der Waals surface area contributed by atoms with E-state index in [4.69, 9.17) is 16.4 Å². The lowest BCUT2D eigenvalue weighted by Crippen LogP contribution is -2.21. The highest BCUT2D eigenvalue weighted by Crippen LogP contribution is 2.19. The summed E-state index contributed by atoms with van der Waals surface area (Å²) in [6.07, 6.45) is 0. The van der Waals surface area contributed by atoms with Gasteiger partial charge in [-0.15, -0.1) is 0 Å². The van der Waals surface area contributed by atoms with E-state index in [1.165, 1.54) is 12.1 Å². The molecule has 0 saturated carbocycles. The lowest BCUT2D eigenvalue weighted by molar-refractivity contribution is 0.621. The van der Waals surface area contributed by atoms with E-state index >= 15 is 0 Å². The third-order valence-corrected chi connectivity index (χ3v) is 2.22. The number of rotatable bonds is 3. The van der Waals surface area contributed by atoms with Crippen LogP contribution in [0.3, 0.4) is 0 Å². The molecule has 1 aromatic rings. The highest BCUT2D eigenvalue weighted by Gasteiger charge is 2.02. The van der Waals surface area contributed by atoms with Gasteiger partial charge in [0.1, 0.15) is 11.9 Å². The Morgan fingerprint density at radius 1 is 1.62 bits per heavy atom. The minimum absolute atomic E-state index is 0.261. The van der Waals surface area contributed by atoms with Crippen LogP contribution in [0.25, 0.3) is 0 Å². The van der Waals surface area contributed by atoms with Gasteiger partial charge in [-0.1, -0.05) is 0 Å². The summed E-state index contributed by atoms with van der Waals surface area (Å²) in [5.41, 5.74) is 7.60. The SMILES string of the molecule is N#C/C(=N\Nc1ccc(Br)c(F)c1)C(=N)N. The van der Waals surface area contributed by atoms with Gasteiger partial charge in [0.2, 0.25) is 5.71 Å². The van der Waals surface area contributed by atoms with Crippen molar-refractivity contribution in [1.29, 1.82) is 10.7 Å². The van der Waals surface area contributed by atoms with Crippen LogP contribution in [0.2, 0.25) is 0 Å². The van der Waals surface area contributed by atoms with E-state index in [0.29, 0.717) is 10.2 Å². The van der Waals surface area contributed by atoms with Crippen LogP contribution in [0, 0.1) is 22.6 Å². The van der Waals surface area contributed by atoms with E-state index < -0.39 is 11.7 Å². The first-order chi connectivity index (χ1) is 7.54. The summed E-state index contributed by atoms with van der Waals surface area (Å²) in [7, 11) is 0. The van der Waals surface area contributed by atoms with Gasteiger partial charge in [-0.3, -0.25) is 10.8 Å². The molecule has 0 atom stereocenters. The average Bonchev–Trinajstić information content (AvgIpc) is 2.23. The smallest absolute Gasteiger partial charge is 0.201 e. The fourth-order valence-electron chi connectivity index (χ4n) is 0.832. The zero-order valence-electron chi connectivity index (χ0n) is 7.96. The second-order valence-corrected chi connectivity index (χ2v) is 3.58. The normalized spacial score (nSPS) is 10.7. The number of benzene rings is 1. The van der Waals surface area contributed by atoms with Crippen molar-refractivity contribution in [2.75, 3.05) is 5.43 Å². The molecule has 0 aliphatic heterocycles. The van der Waals surface area contributed by atoms with Crippen LogP contribution in [0.5, 0.6) is 0 Å². The van der Waals surface area contributed by atoms with Crippen molar-refractivity contribution < 1.29 is 4.39 Å². The largest absolute Gasteiger partial charge is 0.382 e. The van der Waals surface area contributed by atoms with E-state index in [2.05, 4.69) is 26.5 Å². The van der Waals surface area contributed by atoms with Gasteiger partial charge >= 0.3 is 0 Å². The van der Waals surface area contributed by atoms with Gasteiger partial charge in [0, 0.05) is 6.07 Å². The summed E-state index contributed by atoms with van der Waals surface area (Å²) in [4.78, 5) is 0. The second kappa shape index (κ2) is 5.23. The van der Waals surface area contributed by atoms with Gasteiger partial charge in [0.25, 0.3) is 0 Å². The lowest BCUT2D eigenvalue weighted by atomic mass is 10.3. The Kier molecular flexibility index (Phi) is 3.96. The van der Waals surface area contributed by atoms with Crippen molar-refractivity contribution >= 4 is 33.2 Å². The molecule has 82 valence electrons. The highest BCUT2D eigenvalue weighted by molar-refractivity contribution is 9.10. The quantitative estimate of drug-likeness (QED) is 0.448. The summed E-state index contributed by atoms with van der Waals surface area (Å²) in [6, 6.07) is 5.88. The number of halogens is 2. The fourth-order valence-corrected chi connectivity index (χ4v) is 1.08. The minimum Gasteiger partial charge on any atom is -0.382 e. The molecule has 0 spiro atoms. The molecule has 0 amide bonds. The topological polar surface area (TPSA) is 98.0 Å². The number of nitrogens with one attached hydrogen (secondary N) is 2. The molecule has 0 fully saturated rings. The maximum absolute atomic E-state index is 13.1. The minimum atomic E-state index is -0.457. The maximum Gasteiger partial charge on any atom is 0.201 e. The van der Waals surface area contributed by atoms with Gasteiger partial charge in [-0.05, 0) is 28.1 Å². The van der Waals surface area contributed by atoms with E-state index in [-0.39, 0.29) is 5.71 Å². The Morgan fingerprint density at radius 3 is 2.81 bits per heavy atom. The van der Waals surface area contributed by atoms with E-state index in [1.807, 2.05) is 0 Å². The van der Waals surface area contributed by atoms with E-state index in [0.717, 1.165) is 0 Å². The average molecular weight is 284 g/mol. The third kappa shape index (κ3) is 3.03. The first-order valence-corrected chi connectivity index (χ1v) is 4.87. The Hall–Kier alpha value is -1.94. The van der Waals surface area contributed by atoms with Gasteiger partial charge in [-0.2, -0.15) is 10.4 Å². The molecule has 0 aliphatic carbocycles. The Morgan fingerprint density at radius 2 is 2.31 bits per heavy atom. The van der Waals surface area contributed by atoms with Crippen molar-refractivity contribution in [3.8, 4) is 6.07 Å². The van der Waals surface area contributed by atoms with Crippen LogP contribution in [-0.2, 0) is 0 Å². The van der Waals surface area contributed by atoms with Crippen LogP contribution in [0.15, 0.2) is 27.8 Å². The van der Waals surface area contributed by atoms with Gasteiger partial charge in [0.15, 0.2) is 5.84 Å². The number of hydrazone groups is 1. The molecule has 0 radical (unpaired) electrons. The van der Waals surface area contributed by atoms with Crippen LogP contribution in [0.1, 0.15) is 0 Å². The standard InChI is InChI=1S/C9H7BrFN5/c10-6-2-1-5(3-7(6)11)15-16-8(4-12)9(13)14/h1-3,15H,(H3,13,14)/b16-8+. The number of nitrogens with zero attached hydrogens (tertiary/aromatic N) is 2. The molecule has 4 N–H and O–H groups in total. The molecule has 0 aromatic heterocycles. The Bertz CT molecular complexity index is 491. The number of amidine groups is 1. The molecular weight excluding hydrogens is 277 g/mol. The number of nitrogens with two attached hydrogens (primary N) is 1. The van der Waals surface area contributed by atoms with E-state index in [9.17, 15) is 4.39 Å². The fraction of sp³-hybridized carbons (Fsp3) is 0. The zero-order valence-corrected chi connectivity index (χ0v) is 9.55. The van der Waals surface area contributed by atoms with Crippen molar-refractivity contribution in [2.45, 2.75) is 0 Å². The predicted molar refractivity (Wildman–Crippen MR) is 62.7 cm³/mol. The van der Waals surface area contributed by atoms with Crippen molar-refractivity contribution in [1.82, 2.24) is 0 Å². The number of anilines is 1. The van der Waals surface area contributed by atoms with Gasteiger partial charge < -0.3 is 5.73 Å². The van der Waals surface area contributed by atoms with Crippen LogP contribution < -0.4 is 11.2 Å².